The number of rotatable bonds is 9. The van der Waals surface area contributed by atoms with Gasteiger partial charge < -0.3 is 19.5 Å². The monoisotopic (exact) mass is 409 g/mol. The second-order valence-electron chi connectivity index (χ2n) is 6.67. The molecule has 0 aliphatic rings. The second kappa shape index (κ2) is 9.78. The SMILES string of the molecule is COc1ccc(NC(CC(=O)c2ccc(F)cc2)c2ccc(OC)c(OC)c2)cc1. The molecule has 0 aliphatic carbocycles. The van der Waals surface area contributed by atoms with Crippen molar-refractivity contribution in [3.63, 3.8) is 0 Å². The van der Waals surface area contributed by atoms with Gasteiger partial charge >= 0.3 is 0 Å². The highest BCUT2D eigenvalue weighted by Gasteiger charge is 2.19. The van der Waals surface area contributed by atoms with Crippen molar-refractivity contribution in [3.05, 3.63) is 83.7 Å². The first-order valence-electron chi connectivity index (χ1n) is 9.45. The van der Waals surface area contributed by atoms with Crippen molar-refractivity contribution in [1.82, 2.24) is 0 Å². The van der Waals surface area contributed by atoms with E-state index in [-0.39, 0.29) is 24.1 Å². The van der Waals surface area contributed by atoms with Gasteiger partial charge in [-0.1, -0.05) is 6.07 Å². The molecule has 1 atom stereocenters. The first-order valence-corrected chi connectivity index (χ1v) is 9.45. The van der Waals surface area contributed by atoms with Crippen molar-refractivity contribution < 1.29 is 23.4 Å². The van der Waals surface area contributed by atoms with Crippen LogP contribution in [0.1, 0.15) is 28.4 Å². The number of Topliss-reactive ketones (excluding diaryl/α,β-unsaturated/α-hetero) is 1. The minimum absolute atomic E-state index is 0.101. The lowest BCUT2D eigenvalue weighted by atomic mass is 9.97. The first kappa shape index (κ1) is 21.2. The van der Waals surface area contributed by atoms with Crippen molar-refractivity contribution in [2.45, 2.75) is 12.5 Å². The summed E-state index contributed by atoms with van der Waals surface area (Å²) in [6, 6.07) is 18.2. The summed E-state index contributed by atoms with van der Waals surface area (Å²) < 4.78 is 29.2. The number of ether oxygens (including phenoxy) is 3. The Bertz CT molecular complexity index is 987. The average molecular weight is 409 g/mol. The number of benzene rings is 3. The summed E-state index contributed by atoms with van der Waals surface area (Å²) in [5.74, 6) is 1.45. The quantitative estimate of drug-likeness (QED) is 0.488. The number of nitrogens with one attached hydrogen (secondary N) is 1. The van der Waals surface area contributed by atoms with E-state index < -0.39 is 0 Å². The smallest absolute Gasteiger partial charge is 0.165 e. The van der Waals surface area contributed by atoms with Crippen LogP contribution >= 0.6 is 0 Å². The van der Waals surface area contributed by atoms with Crippen molar-refractivity contribution in [3.8, 4) is 17.2 Å². The summed E-state index contributed by atoms with van der Waals surface area (Å²) in [5.41, 5.74) is 2.15. The topological polar surface area (TPSA) is 56.8 Å². The molecule has 156 valence electrons. The van der Waals surface area contributed by atoms with E-state index in [9.17, 15) is 9.18 Å². The molecule has 0 spiro atoms. The fraction of sp³-hybridized carbons (Fsp3) is 0.208. The first-order chi connectivity index (χ1) is 14.5. The number of hydrogen-bond donors (Lipinski definition) is 1. The summed E-state index contributed by atoms with van der Waals surface area (Å²) in [7, 11) is 4.75. The normalized spacial score (nSPS) is 11.5. The van der Waals surface area contributed by atoms with E-state index >= 15 is 0 Å². The highest BCUT2D eigenvalue weighted by atomic mass is 19.1. The Morgan fingerprint density at radius 1 is 0.867 bits per heavy atom. The molecule has 5 nitrogen and oxygen atoms in total. The van der Waals surface area contributed by atoms with Gasteiger partial charge in [-0.25, -0.2) is 4.39 Å². The van der Waals surface area contributed by atoms with Gasteiger partial charge in [-0.15, -0.1) is 0 Å². The third kappa shape index (κ3) is 5.08. The van der Waals surface area contributed by atoms with Gasteiger partial charge in [0.1, 0.15) is 11.6 Å². The Morgan fingerprint density at radius 3 is 2.13 bits per heavy atom. The molecule has 3 aromatic carbocycles. The summed E-state index contributed by atoms with van der Waals surface area (Å²) in [4.78, 5) is 12.9. The number of hydrogen-bond acceptors (Lipinski definition) is 5. The third-order valence-corrected chi connectivity index (χ3v) is 4.80. The number of carbonyl (C=O) groups is 1. The van der Waals surface area contributed by atoms with Crippen LogP contribution in [0.5, 0.6) is 17.2 Å². The van der Waals surface area contributed by atoms with Crippen LogP contribution in [0, 0.1) is 5.82 Å². The minimum atomic E-state index is -0.376. The molecule has 1 unspecified atom stereocenters. The Balaban J connectivity index is 1.90. The zero-order valence-electron chi connectivity index (χ0n) is 17.1. The van der Waals surface area contributed by atoms with E-state index in [1.54, 1.807) is 27.4 Å². The molecule has 0 radical (unpaired) electrons. The van der Waals surface area contributed by atoms with E-state index in [4.69, 9.17) is 14.2 Å². The highest BCUT2D eigenvalue weighted by Crippen LogP contribution is 2.33. The fourth-order valence-corrected chi connectivity index (χ4v) is 3.15. The van der Waals surface area contributed by atoms with E-state index in [0.717, 1.165) is 17.0 Å². The van der Waals surface area contributed by atoms with Gasteiger partial charge in [-0.05, 0) is 66.2 Å². The zero-order chi connectivity index (χ0) is 21.5. The van der Waals surface area contributed by atoms with Crippen LogP contribution in [0.4, 0.5) is 10.1 Å². The highest BCUT2D eigenvalue weighted by molar-refractivity contribution is 5.96. The van der Waals surface area contributed by atoms with Crippen LogP contribution < -0.4 is 19.5 Å². The maximum atomic E-state index is 13.2. The van der Waals surface area contributed by atoms with Gasteiger partial charge in [0.25, 0.3) is 0 Å². The molecule has 3 rings (SSSR count). The Kier molecular flexibility index (Phi) is 6.91. The molecule has 6 heteroatoms. The molecule has 0 bridgehead atoms. The van der Waals surface area contributed by atoms with Crippen molar-refractivity contribution >= 4 is 11.5 Å². The van der Waals surface area contributed by atoms with E-state index in [0.29, 0.717) is 17.1 Å². The number of anilines is 1. The Hall–Kier alpha value is -3.54. The molecule has 30 heavy (non-hydrogen) atoms. The maximum Gasteiger partial charge on any atom is 0.165 e. The van der Waals surface area contributed by atoms with E-state index in [2.05, 4.69) is 5.32 Å². The predicted octanol–water partition coefficient (Wildman–Crippen LogP) is 5.28. The number of carbonyl (C=O) groups excluding carboxylic acids is 1. The number of methoxy groups -OCH3 is 3. The van der Waals surface area contributed by atoms with Gasteiger partial charge in [0.05, 0.1) is 27.4 Å². The van der Waals surface area contributed by atoms with Gasteiger partial charge in [0, 0.05) is 17.7 Å². The van der Waals surface area contributed by atoms with Gasteiger partial charge in [-0.2, -0.15) is 0 Å². The summed E-state index contributed by atoms with van der Waals surface area (Å²) in [6.45, 7) is 0. The molecule has 0 amide bonds. The largest absolute Gasteiger partial charge is 0.497 e. The van der Waals surface area contributed by atoms with Crippen molar-refractivity contribution in [2.75, 3.05) is 26.6 Å². The third-order valence-electron chi connectivity index (χ3n) is 4.80. The summed E-state index contributed by atoms with van der Waals surface area (Å²) in [6.07, 6.45) is 0.174. The summed E-state index contributed by atoms with van der Waals surface area (Å²) in [5, 5.41) is 3.40. The Labute approximate surface area is 175 Å². The average Bonchev–Trinajstić information content (AvgIpc) is 2.79. The standard InChI is InChI=1S/C24H24FNO4/c1-28-20-11-9-19(10-12-20)26-21(15-22(27)16-4-7-18(25)8-5-16)17-6-13-23(29-2)24(14-17)30-3/h4-14,21,26H,15H2,1-3H3. The van der Waals surface area contributed by atoms with Crippen LogP contribution in [0.3, 0.4) is 0 Å². The van der Waals surface area contributed by atoms with Crippen LogP contribution in [-0.2, 0) is 0 Å². The van der Waals surface area contributed by atoms with E-state index in [1.807, 2.05) is 36.4 Å². The van der Waals surface area contributed by atoms with Gasteiger partial charge in [-0.3, -0.25) is 4.79 Å². The molecule has 0 heterocycles. The van der Waals surface area contributed by atoms with E-state index in [1.165, 1.54) is 24.3 Å². The van der Waals surface area contributed by atoms with Crippen LogP contribution in [0.15, 0.2) is 66.7 Å². The molecule has 3 aromatic rings. The van der Waals surface area contributed by atoms with Crippen LogP contribution in [0.2, 0.25) is 0 Å². The van der Waals surface area contributed by atoms with Gasteiger partial charge in [0.2, 0.25) is 0 Å². The number of halogens is 1. The molecule has 0 aliphatic heterocycles. The predicted molar refractivity (Wildman–Crippen MR) is 114 cm³/mol. The molecule has 0 saturated heterocycles. The lowest BCUT2D eigenvalue weighted by Crippen LogP contribution is -2.16. The zero-order valence-corrected chi connectivity index (χ0v) is 17.1. The second-order valence-corrected chi connectivity index (χ2v) is 6.67. The lowest BCUT2D eigenvalue weighted by molar-refractivity contribution is 0.0976. The van der Waals surface area contributed by atoms with Crippen molar-refractivity contribution in [1.29, 1.82) is 0 Å². The number of ketones is 1. The van der Waals surface area contributed by atoms with Gasteiger partial charge in [0.15, 0.2) is 17.3 Å². The fourth-order valence-electron chi connectivity index (χ4n) is 3.15. The molecular weight excluding hydrogens is 385 g/mol. The minimum Gasteiger partial charge on any atom is -0.497 e. The van der Waals surface area contributed by atoms with Crippen LogP contribution in [0.25, 0.3) is 0 Å². The lowest BCUT2D eigenvalue weighted by Gasteiger charge is -2.21. The molecule has 0 aromatic heterocycles. The summed E-state index contributed by atoms with van der Waals surface area (Å²) >= 11 is 0. The van der Waals surface area contributed by atoms with Crippen molar-refractivity contribution in [2.24, 2.45) is 0 Å². The molecule has 0 fully saturated rings. The van der Waals surface area contributed by atoms with Crippen LogP contribution in [-0.4, -0.2) is 27.1 Å². The maximum absolute atomic E-state index is 13.2. The molecule has 0 saturated carbocycles. The Morgan fingerprint density at radius 2 is 1.53 bits per heavy atom. The molecule has 1 N–H and O–H groups in total. The molecular formula is C24H24FNO4.